The molecule has 5 heteroatoms. The van der Waals surface area contributed by atoms with Gasteiger partial charge in [-0.3, -0.25) is 0 Å². The fourth-order valence-corrected chi connectivity index (χ4v) is 3.67. The van der Waals surface area contributed by atoms with Gasteiger partial charge in [-0.25, -0.2) is 8.42 Å². The molecule has 0 bridgehead atoms. The van der Waals surface area contributed by atoms with Gasteiger partial charge in [0.2, 0.25) is 0 Å². The number of hydrogen-bond donors (Lipinski definition) is 1. The number of likely N-dealkylation sites (tertiary alicyclic amines) is 1. The maximum absolute atomic E-state index is 11.9. The van der Waals surface area contributed by atoms with E-state index in [4.69, 9.17) is 5.73 Å². The molecule has 0 unspecified atom stereocenters. The Morgan fingerprint density at radius 2 is 1.87 bits per heavy atom. The minimum atomic E-state index is -2.90. The lowest BCUT2D eigenvalue weighted by Gasteiger charge is -2.32. The van der Waals surface area contributed by atoms with Gasteiger partial charge in [0.15, 0.2) is 9.84 Å². The van der Waals surface area contributed by atoms with Crippen molar-refractivity contribution >= 4 is 9.84 Å². The van der Waals surface area contributed by atoms with Gasteiger partial charge in [0.25, 0.3) is 0 Å². The third kappa shape index (κ3) is 3.16. The molecule has 1 aliphatic heterocycles. The molecule has 1 saturated heterocycles. The Morgan fingerprint density at radius 1 is 1.33 bits per heavy atom. The summed E-state index contributed by atoms with van der Waals surface area (Å²) in [7, 11) is -2.90. The van der Waals surface area contributed by atoms with Crippen LogP contribution in [-0.4, -0.2) is 50.0 Å². The number of piperidine rings is 1. The van der Waals surface area contributed by atoms with Crippen molar-refractivity contribution < 1.29 is 8.42 Å². The Bertz CT molecular complexity index is 280. The topological polar surface area (TPSA) is 63.4 Å². The summed E-state index contributed by atoms with van der Waals surface area (Å²) in [5, 5.41) is -0.380. The number of nitrogens with zero attached hydrogens (tertiary/aromatic N) is 1. The Labute approximate surface area is 92.7 Å². The van der Waals surface area contributed by atoms with Gasteiger partial charge in [0.05, 0.1) is 10.5 Å². The molecular formula is C10H22N2O2S. The van der Waals surface area contributed by atoms with Crippen LogP contribution in [0.3, 0.4) is 0 Å². The van der Waals surface area contributed by atoms with E-state index in [1.54, 1.807) is 13.8 Å². The van der Waals surface area contributed by atoms with E-state index < -0.39 is 9.84 Å². The molecule has 0 radical (unpaired) electrons. The maximum Gasteiger partial charge on any atom is 0.155 e. The second kappa shape index (κ2) is 5.27. The van der Waals surface area contributed by atoms with E-state index in [1.807, 2.05) is 0 Å². The largest absolute Gasteiger partial charge is 0.329 e. The van der Waals surface area contributed by atoms with Crippen LogP contribution in [-0.2, 0) is 9.84 Å². The second-order valence-corrected chi connectivity index (χ2v) is 7.25. The lowest BCUT2D eigenvalue weighted by molar-refractivity contribution is 0.235. The monoisotopic (exact) mass is 234 g/mol. The van der Waals surface area contributed by atoms with Gasteiger partial charge in [-0.15, -0.1) is 0 Å². The molecule has 0 spiro atoms. The molecule has 0 saturated carbocycles. The highest BCUT2D eigenvalue weighted by molar-refractivity contribution is 7.92. The van der Waals surface area contributed by atoms with Crippen molar-refractivity contribution in [3.63, 3.8) is 0 Å². The highest BCUT2D eigenvalue weighted by Crippen LogP contribution is 2.20. The summed E-state index contributed by atoms with van der Waals surface area (Å²) in [5.74, 6) is 0. The Hall–Kier alpha value is -0.130. The second-order valence-electron chi connectivity index (χ2n) is 4.47. The molecule has 15 heavy (non-hydrogen) atoms. The summed E-state index contributed by atoms with van der Waals surface area (Å²) >= 11 is 0. The van der Waals surface area contributed by atoms with Crippen LogP contribution in [0.2, 0.25) is 0 Å². The SMILES string of the molecule is CC(C)S(=O)(=O)C1CCN(CCN)CC1. The molecule has 0 aromatic carbocycles. The van der Waals surface area contributed by atoms with Crippen LogP contribution in [0.1, 0.15) is 26.7 Å². The first kappa shape index (κ1) is 12.9. The number of nitrogens with two attached hydrogens (primary N) is 1. The normalized spacial score (nSPS) is 21.1. The molecule has 1 rings (SSSR count). The van der Waals surface area contributed by atoms with Crippen molar-refractivity contribution in [2.24, 2.45) is 5.73 Å². The minimum absolute atomic E-state index is 0.133. The van der Waals surface area contributed by atoms with Crippen molar-refractivity contribution in [3.8, 4) is 0 Å². The molecule has 0 amide bonds. The van der Waals surface area contributed by atoms with E-state index in [0.717, 1.165) is 32.5 Å². The van der Waals surface area contributed by atoms with Gasteiger partial charge in [0, 0.05) is 13.1 Å². The first-order valence-corrected chi connectivity index (χ1v) is 7.24. The summed E-state index contributed by atoms with van der Waals surface area (Å²) < 4.78 is 23.8. The molecule has 2 N–H and O–H groups in total. The zero-order valence-corrected chi connectivity index (χ0v) is 10.5. The Kier molecular flexibility index (Phi) is 4.55. The van der Waals surface area contributed by atoms with Gasteiger partial charge in [0.1, 0.15) is 0 Å². The number of hydrogen-bond acceptors (Lipinski definition) is 4. The van der Waals surface area contributed by atoms with Crippen LogP contribution in [0.15, 0.2) is 0 Å². The number of rotatable bonds is 4. The Balaban J connectivity index is 2.51. The van der Waals surface area contributed by atoms with Crippen molar-refractivity contribution in [2.75, 3.05) is 26.2 Å². The summed E-state index contributed by atoms with van der Waals surface area (Å²) in [6, 6.07) is 0. The molecule has 0 aliphatic carbocycles. The molecule has 0 aromatic heterocycles. The average molecular weight is 234 g/mol. The molecule has 4 nitrogen and oxygen atoms in total. The van der Waals surface area contributed by atoms with Gasteiger partial charge in [-0.2, -0.15) is 0 Å². The van der Waals surface area contributed by atoms with E-state index in [0.29, 0.717) is 6.54 Å². The first-order chi connectivity index (χ1) is 6.98. The zero-order valence-electron chi connectivity index (χ0n) is 9.65. The van der Waals surface area contributed by atoms with Crippen LogP contribution >= 0.6 is 0 Å². The van der Waals surface area contributed by atoms with Crippen LogP contribution < -0.4 is 5.73 Å². The lowest BCUT2D eigenvalue weighted by Crippen LogP contribution is -2.42. The van der Waals surface area contributed by atoms with E-state index >= 15 is 0 Å². The minimum Gasteiger partial charge on any atom is -0.329 e. The predicted molar refractivity (Wildman–Crippen MR) is 62.6 cm³/mol. The summed E-state index contributed by atoms with van der Waals surface area (Å²) in [6.07, 6.45) is 1.53. The molecule has 0 aromatic rings. The summed E-state index contributed by atoms with van der Waals surface area (Å²) in [4.78, 5) is 2.24. The van der Waals surface area contributed by atoms with Gasteiger partial charge < -0.3 is 10.6 Å². The molecule has 0 atom stereocenters. The molecule has 1 fully saturated rings. The lowest BCUT2D eigenvalue weighted by atomic mass is 10.1. The fourth-order valence-electron chi connectivity index (χ4n) is 2.03. The molecule has 1 aliphatic rings. The molecular weight excluding hydrogens is 212 g/mol. The van der Waals surface area contributed by atoms with E-state index in [9.17, 15) is 8.42 Å². The highest BCUT2D eigenvalue weighted by Gasteiger charge is 2.31. The zero-order chi connectivity index (χ0) is 11.5. The fraction of sp³-hybridized carbons (Fsp3) is 1.00. The van der Waals surface area contributed by atoms with Crippen molar-refractivity contribution in [2.45, 2.75) is 37.2 Å². The van der Waals surface area contributed by atoms with Gasteiger partial charge in [-0.1, -0.05) is 0 Å². The van der Waals surface area contributed by atoms with Gasteiger partial charge in [-0.05, 0) is 39.8 Å². The van der Waals surface area contributed by atoms with E-state index in [1.165, 1.54) is 0 Å². The van der Waals surface area contributed by atoms with Crippen LogP contribution in [0.5, 0.6) is 0 Å². The maximum atomic E-state index is 11.9. The van der Waals surface area contributed by atoms with Crippen LogP contribution in [0.25, 0.3) is 0 Å². The summed E-state index contributed by atoms with van der Waals surface area (Å²) in [5.41, 5.74) is 5.47. The third-order valence-corrected chi connectivity index (χ3v) is 5.82. The van der Waals surface area contributed by atoms with Crippen molar-refractivity contribution in [3.05, 3.63) is 0 Å². The van der Waals surface area contributed by atoms with Crippen molar-refractivity contribution in [1.29, 1.82) is 0 Å². The van der Waals surface area contributed by atoms with Crippen LogP contribution in [0.4, 0.5) is 0 Å². The van der Waals surface area contributed by atoms with E-state index in [-0.39, 0.29) is 10.5 Å². The van der Waals surface area contributed by atoms with Crippen molar-refractivity contribution in [1.82, 2.24) is 4.90 Å². The highest BCUT2D eigenvalue weighted by atomic mass is 32.2. The molecule has 1 heterocycles. The third-order valence-electron chi connectivity index (χ3n) is 3.10. The van der Waals surface area contributed by atoms with E-state index in [2.05, 4.69) is 4.90 Å². The van der Waals surface area contributed by atoms with Crippen LogP contribution in [0, 0.1) is 0 Å². The summed E-state index contributed by atoms with van der Waals surface area (Å²) in [6.45, 7) is 6.81. The number of sulfone groups is 1. The first-order valence-electron chi connectivity index (χ1n) is 5.63. The Morgan fingerprint density at radius 3 is 2.27 bits per heavy atom. The smallest absolute Gasteiger partial charge is 0.155 e. The molecule has 90 valence electrons. The average Bonchev–Trinajstić information content (AvgIpc) is 2.19. The quantitative estimate of drug-likeness (QED) is 0.756. The predicted octanol–water partition coefficient (Wildman–Crippen LogP) is 0.233. The standard InChI is InChI=1S/C10H22N2O2S/c1-9(2)15(13,14)10-3-6-12(7-4-10)8-5-11/h9-10H,3-8,11H2,1-2H3. The van der Waals surface area contributed by atoms with Gasteiger partial charge >= 0.3 is 0 Å².